The van der Waals surface area contributed by atoms with Crippen molar-refractivity contribution in [3.8, 4) is 28.4 Å². The molecule has 166 valence electrons. The van der Waals surface area contributed by atoms with Gasteiger partial charge in [0.1, 0.15) is 29.5 Å². The summed E-state index contributed by atoms with van der Waals surface area (Å²) < 4.78 is 23.0. The van der Waals surface area contributed by atoms with Gasteiger partial charge in [-0.1, -0.05) is 24.3 Å². The van der Waals surface area contributed by atoms with Gasteiger partial charge in [-0.25, -0.2) is 0 Å². The Morgan fingerprint density at radius 3 is 2.41 bits per heavy atom. The van der Waals surface area contributed by atoms with Crippen molar-refractivity contribution < 1.29 is 18.9 Å². The zero-order valence-electron chi connectivity index (χ0n) is 19.3. The maximum absolute atomic E-state index is 6.19. The summed E-state index contributed by atoms with van der Waals surface area (Å²) in [7, 11) is 1.63. The summed E-state index contributed by atoms with van der Waals surface area (Å²) in [6.45, 7) is 7.20. The van der Waals surface area contributed by atoms with Crippen LogP contribution >= 0.6 is 0 Å². The van der Waals surface area contributed by atoms with Gasteiger partial charge in [-0.05, 0) is 90.8 Å². The smallest absolute Gasteiger partial charge is 0.188 e. The van der Waals surface area contributed by atoms with Crippen molar-refractivity contribution in [2.24, 2.45) is 0 Å². The number of benzene rings is 3. The summed E-state index contributed by atoms with van der Waals surface area (Å²) in [6.07, 6.45) is 3.38. The maximum atomic E-state index is 6.19. The Balaban J connectivity index is 1.36. The third-order valence-electron chi connectivity index (χ3n) is 6.64. The molecular weight excluding hydrogens is 400 g/mol. The maximum Gasteiger partial charge on any atom is 0.188 e. The minimum absolute atomic E-state index is 0.103. The van der Waals surface area contributed by atoms with Crippen LogP contribution in [0, 0.1) is 20.8 Å². The Labute approximate surface area is 190 Å². The van der Waals surface area contributed by atoms with Crippen molar-refractivity contribution >= 4 is 0 Å². The van der Waals surface area contributed by atoms with Gasteiger partial charge in [-0.15, -0.1) is 0 Å². The molecule has 0 unspecified atom stereocenters. The fourth-order valence-electron chi connectivity index (χ4n) is 4.73. The fraction of sp³-hybridized carbons (Fsp3) is 0.357. The largest absolute Gasteiger partial charge is 0.489 e. The Morgan fingerprint density at radius 1 is 0.906 bits per heavy atom. The SMILES string of the molecule is COCOc1cc(C)c(-c2cccc(COc3ccc4c(c3)OC3(CC3)C4)c2C)c(C)c1. The molecule has 0 N–H and O–H groups in total. The molecule has 3 aromatic rings. The lowest BCUT2D eigenvalue weighted by Gasteiger charge is -2.18. The number of ether oxygens (including phenoxy) is 4. The van der Waals surface area contributed by atoms with Crippen LogP contribution < -0.4 is 14.2 Å². The number of rotatable bonds is 7. The highest BCUT2D eigenvalue weighted by Crippen LogP contribution is 2.50. The monoisotopic (exact) mass is 430 g/mol. The second kappa shape index (κ2) is 8.18. The standard InChI is InChI=1S/C28H30O4/c1-18-12-24(31-17-29-4)13-19(2)27(18)25-7-5-6-22(20(25)3)16-30-23-9-8-21-15-28(10-11-28)32-26(21)14-23/h5-9,12-14H,10-11,15-17H2,1-4H3. The van der Waals surface area contributed by atoms with Crippen LogP contribution in [0.25, 0.3) is 11.1 Å². The van der Waals surface area contributed by atoms with Gasteiger partial charge in [0, 0.05) is 19.6 Å². The highest BCUT2D eigenvalue weighted by atomic mass is 16.7. The van der Waals surface area contributed by atoms with E-state index >= 15 is 0 Å². The van der Waals surface area contributed by atoms with Gasteiger partial charge in [0.05, 0.1) is 0 Å². The summed E-state index contributed by atoms with van der Waals surface area (Å²) in [5.41, 5.74) is 8.66. The lowest BCUT2D eigenvalue weighted by molar-refractivity contribution is 0.0511. The molecule has 1 heterocycles. The summed E-state index contributed by atoms with van der Waals surface area (Å²) in [5, 5.41) is 0. The molecule has 0 aromatic heterocycles. The molecule has 0 atom stereocenters. The van der Waals surface area contributed by atoms with Gasteiger partial charge >= 0.3 is 0 Å². The van der Waals surface area contributed by atoms with Crippen molar-refractivity contribution in [1.29, 1.82) is 0 Å². The number of hydrogen-bond donors (Lipinski definition) is 0. The lowest BCUT2D eigenvalue weighted by atomic mass is 9.90. The third kappa shape index (κ3) is 3.95. The van der Waals surface area contributed by atoms with Crippen molar-refractivity contribution in [1.82, 2.24) is 0 Å². The lowest BCUT2D eigenvalue weighted by Crippen LogP contribution is -2.12. The minimum atomic E-state index is 0.103. The zero-order valence-corrected chi connectivity index (χ0v) is 19.3. The fourth-order valence-corrected chi connectivity index (χ4v) is 4.73. The van der Waals surface area contributed by atoms with Crippen LogP contribution in [0.2, 0.25) is 0 Å². The van der Waals surface area contributed by atoms with Gasteiger partial charge in [-0.3, -0.25) is 0 Å². The van der Waals surface area contributed by atoms with Gasteiger partial charge in [0.15, 0.2) is 6.79 Å². The van der Waals surface area contributed by atoms with Crippen LogP contribution in [0.1, 0.15) is 40.7 Å². The van der Waals surface area contributed by atoms with Crippen LogP contribution in [0.5, 0.6) is 17.2 Å². The predicted molar refractivity (Wildman–Crippen MR) is 126 cm³/mol. The number of fused-ring (bicyclic) bond motifs is 1. The van der Waals surface area contributed by atoms with E-state index in [1.807, 2.05) is 0 Å². The van der Waals surface area contributed by atoms with E-state index in [1.54, 1.807) is 7.11 Å². The molecule has 0 bridgehead atoms. The topological polar surface area (TPSA) is 36.9 Å². The molecule has 1 fully saturated rings. The average Bonchev–Trinajstić information content (AvgIpc) is 3.41. The van der Waals surface area contributed by atoms with E-state index in [-0.39, 0.29) is 12.4 Å². The second-order valence-corrected chi connectivity index (χ2v) is 9.09. The Hall–Kier alpha value is -2.98. The highest BCUT2D eigenvalue weighted by molar-refractivity contribution is 5.75. The van der Waals surface area contributed by atoms with E-state index in [2.05, 4.69) is 69.3 Å². The first kappa shape index (κ1) is 20.9. The van der Waals surface area contributed by atoms with Gasteiger partial charge in [-0.2, -0.15) is 0 Å². The first-order chi connectivity index (χ1) is 15.5. The molecule has 0 saturated heterocycles. The molecule has 1 aliphatic heterocycles. The number of aryl methyl sites for hydroxylation is 2. The Kier molecular flexibility index (Phi) is 5.34. The first-order valence-electron chi connectivity index (χ1n) is 11.2. The quantitative estimate of drug-likeness (QED) is 0.412. The molecule has 1 aliphatic carbocycles. The van der Waals surface area contributed by atoms with Crippen LogP contribution in [-0.2, 0) is 17.8 Å². The first-order valence-corrected chi connectivity index (χ1v) is 11.2. The van der Waals surface area contributed by atoms with Crippen molar-refractivity contribution in [2.75, 3.05) is 13.9 Å². The van der Waals surface area contributed by atoms with E-state index in [0.717, 1.165) is 23.7 Å². The van der Waals surface area contributed by atoms with Gasteiger partial charge < -0.3 is 18.9 Å². The average molecular weight is 431 g/mol. The van der Waals surface area contributed by atoms with Crippen LogP contribution in [0.4, 0.5) is 0 Å². The van der Waals surface area contributed by atoms with Crippen molar-refractivity contribution in [3.63, 3.8) is 0 Å². The molecule has 1 spiro atoms. The summed E-state index contributed by atoms with van der Waals surface area (Å²) in [6, 6.07) is 16.8. The Bertz CT molecular complexity index is 1140. The van der Waals surface area contributed by atoms with E-state index in [1.165, 1.54) is 51.8 Å². The van der Waals surface area contributed by atoms with Crippen LogP contribution in [-0.4, -0.2) is 19.5 Å². The van der Waals surface area contributed by atoms with Crippen molar-refractivity contribution in [2.45, 2.75) is 52.2 Å². The normalized spacial score (nSPS) is 15.4. The predicted octanol–water partition coefficient (Wildman–Crippen LogP) is 6.31. The Morgan fingerprint density at radius 2 is 1.69 bits per heavy atom. The zero-order chi connectivity index (χ0) is 22.3. The molecule has 2 aliphatic rings. The molecule has 1 saturated carbocycles. The second-order valence-electron chi connectivity index (χ2n) is 9.09. The molecule has 5 rings (SSSR count). The molecule has 4 nitrogen and oxygen atoms in total. The van der Waals surface area contributed by atoms with Gasteiger partial charge in [0.2, 0.25) is 0 Å². The van der Waals surface area contributed by atoms with Crippen molar-refractivity contribution in [3.05, 3.63) is 76.3 Å². The van der Waals surface area contributed by atoms with E-state index in [4.69, 9.17) is 18.9 Å². The van der Waals surface area contributed by atoms with Crippen LogP contribution in [0.15, 0.2) is 48.5 Å². The van der Waals surface area contributed by atoms with E-state index < -0.39 is 0 Å². The summed E-state index contributed by atoms with van der Waals surface area (Å²) in [5.74, 6) is 2.68. The van der Waals surface area contributed by atoms with E-state index in [9.17, 15) is 0 Å². The molecule has 32 heavy (non-hydrogen) atoms. The highest BCUT2D eigenvalue weighted by Gasteiger charge is 2.49. The molecule has 0 amide bonds. The summed E-state index contributed by atoms with van der Waals surface area (Å²) >= 11 is 0. The number of hydrogen-bond acceptors (Lipinski definition) is 4. The minimum Gasteiger partial charge on any atom is -0.489 e. The molecule has 3 aromatic carbocycles. The number of methoxy groups -OCH3 is 1. The molecule has 0 radical (unpaired) electrons. The van der Waals surface area contributed by atoms with Crippen LogP contribution in [0.3, 0.4) is 0 Å². The molecular formula is C28H30O4. The third-order valence-corrected chi connectivity index (χ3v) is 6.64. The van der Waals surface area contributed by atoms with E-state index in [0.29, 0.717) is 6.61 Å². The summed E-state index contributed by atoms with van der Waals surface area (Å²) in [4.78, 5) is 0. The molecule has 4 heteroatoms. The van der Waals surface area contributed by atoms with Gasteiger partial charge in [0.25, 0.3) is 0 Å².